The van der Waals surface area contributed by atoms with E-state index in [-0.39, 0.29) is 5.41 Å². The number of furan rings is 1. The molecule has 3 heteroatoms. The molecule has 0 bridgehead atoms. The second-order valence-electron chi connectivity index (χ2n) is 18.8. The maximum atomic E-state index is 6.49. The highest BCUT2D eigenvalue weighted by molar-refractivity contribution is 7.26. The van der Waals surface area contributed by atoms with Crippen molar-refractivity contribution < 1.29 is 4.42 Å². The molecular formula is C64H43NOS. The summed E-state index contributed by atoms with van der Waals surface area (Å²) in [5.74, 6) is 0. The Morgan fingerprint density at radius 1 is 0.373 bits per heavy atom. The van der Waals surface area contributed by atoms with E-state index in [1.807, 2.05) is 17.4 Å². The molecule has 0 atom stereocenters. The highest BCUT2D eigenvalue weighted by Crippen LogP contribution is 2.57. The van der Waals surface area contributed by atoms with E-state index in [0.29, 0.717) is 0 Å². The van der Waals surface area contributed by atoms with Crippen LogP contribution in [0.3, 0.4) is 0 Å². The number of anilines is 3. The second kappa shape index (κ2) is 14.3. The van der Waals surface area contributed by atoms with Crippen LogP contribution in [0.1, 0.15) is 47.2 Å². The number of nitrogens with zero attached hydrogens (tertiary/aromatic N) is 1. The van der Waals surface area contributed by atoms with Gasteiger partial charge < -0.3 is 9.32 Å². The Bertz CT molecular complexity index is 3920. The van der Waals surface area contributed by atoms with Crippen LogP contribution in [0.2, 0.25) is 0 Å². The number of para-hydroxylation sites is 1. The van der Waals surface area contributed by atoms with Crippen LogP contribution in [0.15, 0.2) is 229 Å². The van der Waals surface area contributed by atoms with Gasteiger partial charge in [0, 0.05) is 59.5 Å². The third-order valence-corrected chi connectivity index (χ3v) is 16.1. The Hall–Kier alpha value is -7.98. The second-order valence-corrected chi connectivity index (χ2v) is 19.8. The molecule has 0 saturated carbocycles. The molecule has 0 unspecified atom stereocenters. The SMILES string of the molecule is CC1(C)c2ccccc2-c2ccc(N(c3ccc(-c4cccc5sc6ccc(C7(c8ccccc8)c8ccccc8-c8ccccc87)cc6c45)cc3)c3ccc4c(c3)oc3ccccc34)cc21. The minimum absolute atomic E-state index is 0.132. The first-order valence-electron chi connectivity index (χ1n) is 23.2. The van der Waals surface area contributed by atoms with Gasteiger partial charge in [0.25, 0.3) is 0 Å². The molecule has 0 radical (unpaired) electrons. The monoisotopic (exact) mass is 873 g/mol. The zero-order valence-electron chi connectivity index (χ0n) is 37.1. The Balaban J connectivity index is 0.927. The van der Waals surface area contributed by atoms with Gasteiger partial charge in [0.05, 0.1) is 5.41 Å². The van der Waals surface area contributed by atoms with Crippen molar-refractivity contribution in [1.82, 2.24) is 0 Å². The lowest BCUT2D eigenvalue weighted by Crippen LogP contribution is -2.28. The quantitative estimate of drug-likeness (QED) is 0.165. The van der Waals surface area contributed by atoms with E-state index in [4.69, 9.17) is 4.42 Å². The van der Waals surface area contributed by atoms with E-state index in [9.17, 15) is 0 Å². The number of hydrogen-bond acceptors (Lipinski definition) is 3. The number of rotatable bonds is 6. The molecule has 0 saturated heterocycles. The first-order chi connectivity index (χ1) is 33.0. The molecule has 316 valence electrons. The molecule has 10 aromatic carbocycles. The summed E-state index contributed by atoms with van der Waals surface area (Å²) in [6, 6.07) is 83.2. The minimum atomic E-state index is -0.460. The lowest BCUT2D eigenvalue weighted by molar-refractivity contribution is 0.660. The van der Waals surface area contributed by atoms with E-state index in [0.717, 1.165) is 39.0 Å². The van der Waals surface area contributed by atoms with Crippen LogP contribution in [0.5, 0.6) is 0 Å². The van der Waals surface area contributed by atoms with Crippen molar-refractivity contribution in [2.45, 2.75) is 24.7 Å². The van der Waals surface area contributed by atoms with Crippen molar-refractivity contribution in [3.05, 3.63) is 258 Å². The predicted octanol–water partition coefficient (Wildman–Crippen LogP) is 17.8. The van der Waals surface area contributed by atoms with E-state index in [1.54, 1.807) is 0 Å². The summed E-state index contributed by atoms with van der Waals surface area (Å²) in [5, 5.41) is 4.84. The summed E-state index contributed by atoms with van der Waals surface area (Å²) in [6.45, 7) is 4.71. The molecule has 14 rings (SSSR count). The predicted molar refractivity (Wildman–Crippen MR) is 282 cm³/mol. The molecule has 2 heterocycles. The van der Waals surface area contributed by atoms with Gasteiger partial charge in [-0.1, -0.05) is 172 Å². The average Bonchev–Trinajstić information content (AvgIpc) is 4.10. The van der Waals surface area contributed by atoms with Crippen LogP contribution >= 0.6 is 11.3 Å². The zero-order valence-corrected chi connectivity index (χ0v) is 37.9. The number of fused-ring (bicyclic) bond motifs is 12. The van der Waals surface area contributed by atoms with Crippen molar-refractivity contribution in [1.29, 1.82) is 0 Å². The zero-order chi connectivity index (χ0) is 44.4. The molecule has 2 aliphatic rings. The molecule has 0 fully saturated rings. The fraction of sp³-hybridized carbons (Fsp3) is 0.0625. The highest BCUT2D eigenvalue weighted by Gasteiger charge is 2.46. The van der Waals surface area contributed by atoms with Gasteiger partial charge in [-0.15, -0.1) is 11.3 Å². The molecule has 0 aliphatic heterocycles. The average molecular weight is 874 g/mol. The molecule has 0 amide bonds. The summed E-state index contributed by atoms with van der Waals surface area (Å²) in [4.78, 5) is 2.39. The normalized spacial score (nSPS) is 14.1. The highest BCUT2D eigenvalue weighted by atomic mass is 32.1. The standard InChI is InChI=1S/C64H43NOS/c1-63(2)54-22-10-6-17-47(54)50-34-32-44(38-57(50)63)65(45-33-35-52-51-20-9-13-25-58(51)66-59(52)39-45)43-30-27-40(28-31-43)46-21-14-26-61-62(46)53-37-42(29-36-60(53)67-61)64(41-15-4-3-5-16-41)55-23-11-7-18-48(55)49-19-8-12-24-56(49)64/h3-39H,1-2H3. The summed E-state index contributed by atoms with van der Waals surface area (Å²) < 4.78 is 9.07. The van der Waals surface area contributed by atoms with Gasteiger partial charge in [0.2, 0.25) is 0 Å². The van der Waals surface area contributed by atoms with Crippen molar-refractivity contribution in [2.75, 3.05) is 4.90 Å². The third kappa shape index (κ3) is 5.44. The maximum absolute atomic E-state index is 6.49. The smallest absolute Gasteiger partial charge is 0.137 e. The number of hydrogen-bond donors (Lipinski definition) is 0. The first kappa shape index (κ1) is 38.3. The molecule has 0 N–H and O–H groups in total. The van der Waals surface area contributed by atoms with Gasteiger partial charge in [-0.25, -0.2) is 0 Å². The van der Waals surface area contributed by atoms with Gasteiger partial charge >= 0.3 is 0 Å². The van der Waals surface area contributed by atoms with Crippen molar-refractivity contribution in [3.8, 4) is 33.4 Å². The Morgan fingerprint density at radius 3 is 1.75 bits per heavy atom. The van der Waals surface area contributed by atoms with Crippen LogP contribution in [0.25, 0.3) is 75.5 Å². The topological polar surface area (TPSA) is 16.4 Å². The Labute approximate surface area is 393 Å². The van der Waals surface area contributed by atoms with Crippen LogP contribution < -0.4 is 4.90 Å². The molecule has 2 aromatic heterocycles. The third-order valence-electron chi connectivity index (χ3n) is 15.0. The van der Waals surface area contributed by atoms with E-state index < -0.39 is 5.41 Å². The molecule has 0 spiro atoms. The molecule has 2 nitrogen and oxygen atoms in total. The van der Waals surface area contributed by atoms with E-state index in [1.165, 1.54) is 86.9 Å². The van der Waals surface area contributed by atoms with Crippen LogP contribution in [0.4, 0.5) is 17.1 Å². The first-order valence-corrected chi connectivity index (χ1v) is 24.1. The van der Waals surface area contributed by atoms with E-state index in [2.05, 4.69) is 237 Å². The fourth-order valence-corrected chi connectivity index (χ4v) is 13.0. The van der Waals surface area contributed by atoms with Gasteiger partial charge in [-0.2, -0.15) is 0 Å². The van der Waals surface area contributed by atoms with Gasteiger partial charge in [-0.3, -0.25) is 0 Å². The lowest BCUT2D eigenvalue weighted by atomic mass is 9.67. The minimum Gasteiger partial charge on any atom is -0.456 e. The largest absolute Gasteiger partial charge is 0.456 e. The van der Waals surface area contributed by atoms with Crippen molar-refractivity contribution in [3.63, 3.8) is 0 Å². The molecule has 12 aromatic rings. The number of benzene rings is 10. The Kier molecular flexibility index (Phi) is 8.15. The summed E-state index contributed by atoms with van der Waals surface area (Å²) in [7, 11) is 0. The van der Waals surface area contributed by atoms with Crippen LogP contribution in [-0.4, -0.2) is 0 Å². The van der Waals surface area contributed by atoms with Gasteiger partial charge in [0.1, 0.15) is 11.2 Å². The lowest BCUT2D eigenvalue weighted by Gasteiger charge is -2.34. The van der Waals surface area contributed by atoms with Gasteiger partial charge in [-0.05, 0) is 127 Å². The molecule has 2 aliphatic carbocycles. The molecule has 67 heavy (non-hydrogen) atoms. The number of thiophene rings is 1. The summed E-state index contributed by atoms with van der Waals surface area (Å²) >= 11 is 1.88. The van der Waals surface area contributed by atoms with E-state index >= 15 is 0 Å². The summed E-state index contributed by atoms with van der Waals surface area (Å²) in [6.07, 6.45) is 0. The van der Waals surface area contributed by atoms with Crippen LogP contribution in [-0.2, 0) is 10.8 Å². The fourth-order valence-electron chi connectivity index (χ4n) is 11.9. The summed E-state index contributed by atoms with van der Waals surface area (Å²) in [5.41, 5.74) is 20.0. The van der Waals surface area contributed by atoms with Crippen molar-refractivity contribution in [2.24, 2.45) is 0 Å². The van der Waals surface area contributed by atoms with Gasteiger partial charge in [0.15, 0.2) is 0 Å². The Morgan fingerprint density at radius 2 is 0.970 bits per heavy atom. The van der Waals surface area contributed by atoms with Crippen LogP contribution in [0, 0.1) is 0 Å². The maximum Gasteiger partial charge on any atom is 0.137 e. The van der Waals surface area contributed by atoms with Crippen molar-refractivity contribution >= 4 is 70.5 Å². The molecular weight excluding hydrogens is 831 g/mol.